The van der Waals surface area contributed by atoms with Crippen LogP contribution >= 0.6 is 11.6 Å². The molecule has 5 heteroatoms. The molecule has 1 N–H and O–H groups in total. The molecule has 0 radical (unpaired) electrons. The Kier molecular flexibility index (Phi) is 4.62. The van der Waals surface area contributed by atoms with Crippen molar-refractivity contribution in [2.75, 3.05) is 19.0 Å². The number of aromatic nitrogens is 2. The molecule has 1 unspecified atom stereocenters. The van der Waals surface area contributed by atoms with E-state index in [2.05, 4.69) is 15.3 Å². The molecule has 0 saturated heterocycles. The van der Waals surface area contributed by atoms with Crippen molar-refractivity contribution in [1.82, 2.24) is 9.97 Å². The Hall–Kier alpha value is -1.03. The molecule has 0 saturated carbocycles. The summed E-state index contributed by atoms with van der Waals surface area (Å²) in [6, 6.07) is 0. The van der Waals surface area contributed by atoms with Crippen molar-refractivity contribution in [2.45, 2.75) is 25.6 Å². The van der Waals surface area contributed by atoms with E-state index < -0.39 is 0 Å². The van der Waals surface area contributed by atoms with Crippen molar-refractivity contribution >= 4 is 17.4 Å². The molecule has 0 amide bonds. The van der Waals surface area contributed by atoms with Crippen LogP contribution in [0.15, 0.2) is 6.33 Å². The van der Waals surface area contributed by atoms with E-state index in [0.717, 1.165) is 17.8 Å². The Morgan fingerprint density at radius 3 is 2.87 bits per heavy atom. The van der Waals surface area contributed by atoms with Gasteiger partial charge < -0.3 is 10.1 Å². The van der Waals surface area contributed by atoms with E-state index >= 15 is 0 Å². The molecule has 4 nitrogen and oxygen atoms in total. The molecule has 0 spiro atoms. The number of hydrogen-bond donors (Lipinski definition) is 1. The molecule has 0 aromatic carbocycles. The summed E-state index contributed by atoms with van der Waals surface area (Å²) in [6.45, 7) is 4.65. The molecule has 1 aromatic rings. The van der Waals surface area contributed by atoms with Crippen molar-refractivity contribution in [1.29, 1.82) is 0 Å². The number of halogens is 1. The van der Waals surface area contributed by atoms with Crippen LogP contribution in [0.5, 0.6) is 5.88 Å². The van der Waals surface area contributed by atoms with Gasteiger partial charge in [0, 0.05) is 6.54 Å². The Morgan fingerprint density at radius 1 is 1.53 bits per heavy atom. The van der Waals surface area contributed by atoms with Crippen LogP contribution in [0.4, 0.5) is 5.82 Å². The van der Waals surface area contributed by atoms with Crippen LogP contribution in [0.25, 0.3) is 0 Å². The standard InChI is InChI=1S/C10H16ClN3O/c1-4-8(11)5-12-9-7(2)10(15-3)14-6-13-9/h6,8H,4-5H2,1-3H3,(H,12,13,14). The molecule has 1 aromatic heterocycles. The first-order valence-electron chi connectivity index (χ1n) is 4.92. The van der Waals surface area contributed by atoms with E-state index in [0.29, 0.717) is 12.4 Å². The monoisotopic (exact) mass is 229 g/mol. The maximum Gasteiger partial charge on any atom is 0.221 e. The third-order valence-corrected chi connectivity index (χ3v) is 2.63. The normalized spacial score (nSPS) is 12.3. The second-order valence-electron chi connectivity index (χ2n) is 3.24. The molecular weight excluding hydrogens is 214 g/mol. The SMILES string of the molecule is CCC(Cl)CNc1ncnc(OC)c1C. The van der Waals surface area contributed by atoms with Gasteiger partial charge in [-0.15, -0.1) is 11.6 Å². The largest absolute Gasteiger partial charge is 0.481 e. The van der Waals surface area contributed by atoms with Crippen LogP contribution < -0.4 is 10.1 Å². The first kappa shape index (κ1) is 12.0. The Balaban J connectivity index is 2.68. The zero-order chi connectivity index (χ0) is 11.3. The molecule has 0 fully saturated rings. The fourth-order valence-corrected chi connectivity index (χ4v) is 1.25. The summed E-state index contributed by atoms with van der Waals surface area (Å²) in [5.41, 5.74) is 0.903. The van der Waals surface area contributed by atoms with Crippen LogP contribution in [0, 0.1) is 6.92 Å². The second kappa shape index (κ2) is 5.75. The summed E-state index contributed by atoms with van der Waals surface area (Å²) >= 11 is 6.00. The highest BCUT2D eigenvalue weighted by atomic mass is 35.5. The molecule has 1 atom stereocenters. The summed E-state index contributed by atoms with van der Waals surface area (Å²) in [5, 5.41) is 3.29. The third-order valence-electron chi connectivity index (χ3n) is 2.17. The summed E-state index contributed by atoms with van der Waals surface area (Å²) in [6.07, 6.45) is 2.40. The molecule has 1 heterocycles. The fraction of sp³-hybridized carbons (Fsp3) is 0.600. The van der Waals surface area contributed by atoms with Gasteiger partial charge in [-0.3, -0.25) is 0 Å². The number of anilines is 1. The summed E-state index contributed by atoms with van der Waals surface area (Å²) in [5.74, 6) is 1.37. The van der Waals surface area contributed by atoms with Crippen molar-refractivity contribution < 1.29 is 4.74 Å². The Morgan fingerprint density at radius 2 is 2.27 bits per heavy atom. The van der Waals surface area contributed by atoms with Gasteiger partial charge in [0.1, 0.15) is 12.1 Å². The maximum atomic E-state index is 6.00. The lowest BCUT2D eigenvalue weighted by atomic mass is 10.3. The number of hydrogen-bond acceptors (Lipinski definition) is 4. The van der Waals surface area contributed by atoms with E-state index in [1.807, 2.05) is 13.8 Å². The summed E-state index contributed by atoms with van der Waals surface area (Å²) < 4.78 is 5.09. The quantitative estimate of drug-likeness (QED) is 0.787. The van der Waals surface area contributed by atoms with Crippen molar-refractivity contribution in [3.05, 3.63) is 11.9 Å². The lowest BCUT2D eigenvalue weighted by molar-refractivity contribution is 0.393. The van der Waals surface area contributed by atoms with Gasteiger partial charge in [0.15, 0.2) is 0 Å². The first-order chi connectivity index (χ1) is 7.19. The number of nitrogens with one attached hydrogen (secondary N) is 1. The molecule has 0 aliphatic rings. The van der Waals surface area contributed by atoms with Crippen molar-refractivity contribution in [3.63, 3.8) is 0 Å². The molecule has 1 rings (SSSR count). The van der Waals surface area contributed by atoms with Crippen LogP contribution in [0.3, 0.4) is 0 Å². The minimum Gasteiger partial charge on any atom is -0.481 e. The molecular formula is C10H16ClN3O. The van der Waals surface area contributed by atoms with Gasteiger partial charge in [-0.1, -0.05) is 6.92 Å². The molecule has 0 aliphatic carbocycles. The van der Waals surface area contributed by atoms with Gasteiger partial charge in [0.05, 0.1) is 18.1 Å². The van der Waals surface area contributed by atoms with Crippen LogP contribution in [0.2, 0.25) is 0 Å². The topological polar surface area (TPSA) is 47.0 Å². The van der Waals surface area contributed by atoms with Gasteiger partial charge in [0.2, 0.25) is 5.88 Å². The van der Waals surface area contributed by atoms with Gasteiger partial charge >= 0.3 is 0 Å². The van der Waals surface area contributed by atoms with Gasteiger partial charge in [0.25, 0.3) is 0 Å². The van der Waals surface area contributed by atoms with Crippen LogP contribution in [-0.2, 0) is 0 Å². The van der Waals surface area contributed by atoms with E-state index in [-0.39, 0.29) is 5.38 Å². The molecule has 0 bridgehead atoms. The highest BCUT2D eigenvalue weighted by Gasteiger charge is 2.08. The van der Waals surface area contributed by atoms with E-state index in [4.69, 9.17) is 16.3 Å². The molecule has 0 aliphatic heterocycles. The highest BCUT2D eigenvalue weighted by Crippen LogP contribution is 2.19. The number of rotatable bonds is 5. The maximum absolute atomic E-state index is 6.00. The highest BCUT2D eigenvalue weighted by molar-refractivity contribution is 6.20. The molecule has 15 heavy (non-hydrogen) atoms. The zero-order valence-corrected chi connectivity index (χ0v) is 10.0. The van der Waals surface area contributed by atoms with E-state index in [1.165, 1.54) is 6.33 Å². The predicted octanol–water partition coefficient (Wildman–Crippen LogP) is 2.22. The Labute approximate surface area is 95.0 Å². The Bertz CT molecular complexity index is 320. The lowest BCUT2D eigenvalue weighted by Gasteiger charge is -2.12. The lowest BCUT2D eigenvalue weighted by Crippen LogP contribution is -2.15. The number of methoxy groups -OCH3 is 1. The van der Waals surface area contributed by atoms with Crippen molar-refractivity contribution in [2.24, 2.45) is 0 Å². The zero-order valence-electron chi connectivity index (χ0n) is 9.25. The summed E-state index contributed by atoms with van der Waals surface area (Å²) in [7, 11) is 1.59. The minimum atomic E-state index is 0.116. The number of alkyl halides is 1. The number of nitrogens with zero attached hydrogens (tertiary/aromatic N) is 2. The van der Waals surface area contributed by atoms with Crippen molar-refractivity contribution in [3.8, 4) is 5.88 Å². The average molecular weight is 230 g/mol. The van der Waals surface area contributed by atoms with E-state index in [1.54, 1.807) is 7.11 Å². The third kappa shape index (κ3) is 3.23. The van der Waals surface area contributed by atoms with Crippen LogP contribution in [-0.4, -0.2) is 29.0 Å². The van der Waals surface area contributed by atoms with Crippen LogP contribution in [0.1, 0.15) is 18.9 Å². The van der Waals surface area contributed by atoms with Gasteiger partial charge in [-0.2, -0.15) is 0 Å². The van der Waals surface area contributed by atoms with E-state index in [9.17, 15) is 0 Å². The van der Waals surface area contributed by atoms with Gasteiger partial charge in [-0.05, 0) is 13.3 Å². The number of ether oxygens (including phenoxy) is 1. The summed E-state index contributed by atoms with van der Waals surface area (Å²) in [4.78, 5) is 8.13. The van der Waals surface area contributed by atoms with Gasteiger partial charge in [-0.25, -0.2) is 9.97 Å². The second-order valence-corrected chi connectivity index (χ2v) is 3.86. The fourth-order valence-electron chi connectivity index (χ4n) is 1.17. The predicted molar refractivity (Wildman–Crippen MR) is 61.7 cm³/mol. The first-order valence-corrected chi connectivity index (χ1v) is 5.36. The average Bonchev–Trinajstić information content (AvgIpc) is 2.27. The minimum absolute atomic E-state index is 0.116. The smallest absolute Gasteiger partial charge is 0.221 e. The molecule has 84 valence electrons.